The molecule has 6 fully saturated rings. The van der Waals surface area contributed by atoms with E-state index in [-0.39, 0.29) is 72.3 Å². The fraction of sp³-hybridized carbons (Fsp3) is 0.519. The number of nitriles is 1. The smallest absolute Gasteiger partial charge is 0.370 e. The van der Waals surface area contributed by atoms with Crippen LogP contribution in [-0.4, -0.2) is 99.0 Å². The number of aryl methyl sites for hydroxylation is 2. The first-order valence-corrected chi connectivity index (χ1v) is 24.6. The summed E-state index contributed by atoms with van der Waals surface area (Å²) in [6.45, 7) is 5.33. The van der Waals surface area contributed by atoms with Gasteiger partial charge in [-0.05, 0) is 111 Å². The molecule has 0 radical (unpaired) electrons. The summed E-state index contributed by atoms with van der Waals surface area (Å²) in [5.41, 5.74) is 2.56. The molecule has 2 aliphatic carbocycles. The molecule has 70 heavy (non-hydrogen) atoms. The number of hydrogen-bond donors (Lipinski definition) is 1. The summed E-state index contributed by atoms with van der Waals surface area (Å²) in [6, 6.07) is 14.1. The van der Waals surface area contributed by atoms with Gasteiger partial charge in [-0.25, -0.2) is 4.39 Å². The van der Waals surface area contributed by atoms with Crippen LogP contribution in [0.5, 0.6) is 0 Å². The number of amides is 4. The van der Waals surface area contributed by atoms with Crippen molar-refractivity contribution in [3.8, 4) is 6.07 Å². The van der Waals surface area contributed by atoms with E-state index in [9.17, 15) is 37.6 Å². The number of piperazine rings is 1. The van der Waals surface area contributed by atoms with Crippen LogP contribution in [0.15, 0.2) is 48.8 Å². The van der Waals surface area contributed by atoms with Gasteiger partial charge in [0.15, 0.2) is 5.82 Å². The molecule has 364 valence electrons. The second kappa shape index (κ2) is 16.1. The Kier molecular flexibility index (Phi) is 10.3. The van der Waals surface area contributed by atoms with E-state index in [0.29, 0.717) is 78.6 Å². The van der Waals surface area contributed by atoms with Gasteiger partial charge >= 0.3 is 6.18 Å². The third kappa shape index (κ3) is 7.19. The molecule has 4 amide bonds. The van der Waals surface area contributed by atoms with Crippen LogP contribution in [0.25, 0.3) is 0 Å². The van der Waals surface area contributed by atoms with Gasteiger partial charge in [0.2, 0.25) is 11.8 Å². The molecule has 3 atom stereocenters. The van der Waals surface area contributed by atoms with Gasteiger partial charge in [0.05, 0.1) is 36.0 Å². The first-order chi connectivity index (χ1) is 33.5. The van der Waals surface area contributed by atoms with Crippen molar-refractivity contribution < 1.29 is 36.7 Å². The number of aromatic nitrogens is 3. The summed E-state index contributed by atoms with van der Waals surface area (Å²) in [6.07, 6.45) is 3.99. The van der Waals surface area contributed by atoms with E-state index in [2.05, 4.69) is 31.4 Å². The number of nitrogens with one attached hydrogen (secondary N) is 1. The van der Waals surface area contributed by atoms with E-state index in [1.807, 2.05) is 41.6 Å². The monoisotopic (exact) mass is 958 g/mol. The van der Waals surface area contributed by atoms with Crippen molar-refractivity contribution >= 4 is 40.7 Å². The molecule has 14 nitrogen and oxygen atoms in total. The SMILES string of the molecule is Cc1cc(N2C[C@H]3C[C@@H]2CN3CC2CCC3(CC2)CN(c2cc4c(c(C(F)(F)F)c2)CN(c2cccc(C5(Cc6nncn6C)CC(C#N)C5)c2)C4=O)C3)c(F)c2c1C(=O)N(C1CCC(=O)NC1=O)C2. The molecule has 4 saturated heterocycles. The highest BCUT2D eigenvalue weighted by molar-refractivity contribution is 6.11. The van der Waals surface area contributed by atoms with Crippen LogP contribution in [0, 0.1) is 41.3 Å². The van der Waals surface area contributed by atoms with Crippen molar-refractivity contribution in [1.82, 2.24) is 29.9 Å². The number of imide groups is 1. The Morgan fingerprint density at radius 2 is 1.70 bits per heavy atom. The molecular formula is C52H54F4N10O4. The predicted molar refractivity (Wildman–Crippen MR) is 248 cm³/mol. The molecule has 1 unspecified atom stereocenters. The van der Waals surface area contributed by atoms with E-state index in [1.165, 1.54) is 15.9 Å². The van der Waals surface area contributed by atoms with Crippen LogP contribution in [0.3, 0.4) is 0 Å². The van der Waals surface area contributed by atoms with Gasteiger partial charge in [0.1, 0.15) is 18.2 Å². The Morgan fingerprint density at radius 3 is 2.39 bits per heavy atom. The maximum absolute atomic E-state index is 16.4. The lowest BCUT2D eigenvalue weighted by Gasteiger charge is -2.55. The molecule has 1 aromatic heterocycles. The number of hydrogen-bond acceptors (Lipinski definition) is 10. The number of benzene rings is 3. The zero-order valence-electron chi connectivity index (χ0n) is 39.2. The van der Waals surface area contributed by atoms with Gasteiger partial charge < -0.3 is 24.2 Å². The third-order valence-corrected chi connectivity index (χ3v) is 17.5. The van der Waals surface area contributed by atoms with Gasteiger partial charge in [-0.1, -0.05) is 12.1 Å². The number of fused-ring (bicyclic) bond motifs is 4. The first-order valence-electron chi connectivity index (χ1n) is 24.6. The quantitative estimate of drug-likeness (QED) is 0.144. The average molecular weight is 959 g/mol. The highest BCUT2D eigenvalue weighted by Crippen LogP contribution is 2.52. The lowest BCUT2D eigenvalue weighted by Crippen LogP contribution is -2.58. The molecule has 2 bridgehead atoms. The molecule has 4 aromatic rings. The highest BCUT2D eigenvalue weighted by atomic mass is 19.4. The van der Waals surface area contributed by atoms with E-state index < -0.39 is 40.8 Å². The summed E-state index contributed by atoms with van der Waals surface area (Å²) < 4.78 is 62.9. The standard InChI is InChI=1S/C52H54F4N10O4/c1-29-12-42(46(53)39-25-66(49(70)45(29)39)41-6-7-44(67)59-47(41)68)64-23-35-14-36(64)22-62(35)21-30-8-10-50(11-9-30)26-63(27-50)34-15-37-38(40(16-34)52(54,55)56)24-65(48(37)69)33-5-3-4-32(13-33)51(17-31(18-51)20-57)19-43-60-58-28-61(43)2/h3-5,12-13,15-16,28,30-31,35-36,41H,6-11,14,17-19,21-27H2,1-2H3,(H,59,67,68)/t31?,35-,36-,41?,51?/m1/s1. The molecule has 7 heterocycles. The Bertz CT molecular complexity index is 2920. The number of piperidine rings is 1. The molecule has 6 aliphatic heterocycles. The molecule has 18 heteroatoms. The third-order valence-electron chi connectivity index (χ3n) is 17.5. The number of rotatable bonds is 9. The van der Waals surface area contributed by atoms with Crippen molar-refractivity contribution in [2.24, 2.45) is 24.3 Å². The molecule has 2 saturated carbocycles. The highest BCUT2D eigenvalue weighted by Gasteiger charge is 2.51. The van der Waals surface area contributed by atoms with Gasteiger partial charge in [0, 0.05) is 104 Å². The van der Waals surface area contributed by atoms with Crippen molar-refractivity contribution in [2.75, 3.05) is 47.4 Å². The topological polar surface area (TPSA) is 151 Å². The molecular weight excluding hydrogens is 905 g/mol. The minimum absolute atomic E-state index is 0.00699. The summed E-state index contributed by atoms with van der Waals surface area (Å²) in [5, 5.41) is 20.3. The molecule has 1 N–H and O–H groups in total. The van der Waals surface area contributed by atoms with Crippen LogP contribution in [-0.2, 0) is 47.7 Å². The zero-order valence-corrected chi connectivity index (χ0v) is 39.2. The van der Waals surface area contributed by atoms with Crippen LogP contribution >= 0.6 is 0 Å². The lowest BCUT2D eigenvalue weighted by atomic mass is 9.57. The maximum Gasteiger partial charge on any atom is 0.416 e. The average Bonchev–Trinajstić information content (AvgIpc) is 4.15. The first kappa shape index (κ1) is 44.8. The Labute approximate surface area is 402 Å². The van der Waals surface area contributed by atoms with E-state index in [0.717, 1.165) is 56.6 Å². The number of alkyl halides is 3. The van der Waals surface area contributed by atoms with Crippen LogP contribution in [0.4, 0.5) is 34.6 Å². The number of carbonyl (C=O) groups is 4. The van der Waals surface area contributed by atoms with Gasteiger partial charge in [-0.15, -0.1) is 10.2 Å². The van der Waals surface area contributed by atoms with Crippen LogP contribution < -0.4 is 20.0 Å². The number of halogens is 4. The number of likely N-dealkylation sites (tertiary alicyclic amines) is 1. The number of carbonyl (C=O) groups excluding carboxylic acids is 4. The predicted octanol–water partition coefficient (Wildman–Crippen LogP) is 6.58. The van der Waals surface area contributed by atoms with E-state index >= 15 is 4.39 Å². The van der Waals surface area contributed by atoms with Gasteiger partial charge in [-0.2, -0.15) is 18.4 Å². The second-order valence-corrected chi connectivity index (χ2v) is 21.7. The Morgan fingerprint density at radius 1 is 0.914 bits per heavy atom. The molecule has 1 spiro atoms. The second-order valence-electron chi connectivity index (χ2n) is 21.7. The van der Waals surface area contributed by atoms with Crippen molar-refractivity contribution in [3.05, 3.63) is 99.4 Å². The van der Waals surface area contributed by atoms with Crippen molar-refractivity contribution in [1.29, 1.82) is 5.26 Å². The normalized spacial score (nSPS) is 27.3. The van der Waals surface area contributed by atoms with Crippen LogP contribution in [0.1, 0.15) is 112 Å². The van der Waals surface area contributed by atoms with Crippen molar-refractivity contribution in [3.63, 3.8) is 0 Å². The summed E-state index contributed by atoms with van der Waals surface area (Å²) in [5.74, 6) is -1.02. The lowest BCUT2D eigenvalue weighted by molar-refractivity contribution is -0.138. The van der Waals surface area contributed by atoms with Crippen LogP contribution in [0.2, 0.25) is 0 Å². The maximum atomic E-state index is 16.4. The fourth-order valence-corrected chi connectivity index (χ4v) is 13.7. The minimum Gasteiger partial charge on any atom is -0.370 e. The number of anilines is 3. The Hall–Kier alpha value is -6.35. The molecule has 3 aromatic carbocycles. The number of nitrogens with zero attached hydrogens (tertiary/aromatic N) is 9. The summed E-state index contributed by atoms with van der Waals surface area (Å²) in [4.78, 5) is 61.6. The largest absolute Gasteiger partial charge is 0.416 e. The van der Waals surface area contributed by atoms with Gasteiger partial charge in [-0.3, -0.25) is 29.4 Å². The molecule has 8 aliphatic rings. The minimum atomic E-state index is -4.65. The zero-order chi connectivity index (χ0) is 48.6. The van der Waals surface area contributed by atoms with Crippen molar-refractivity contribution in [2.45, 2.75) is 114 Å². The van der Waals surface area contributed by atoms with E-state index in [4.69, 9.17) is 0 Å². The fourth-order valence-electron chi connectivity index (χ4n) is 13.7. The van der Waals surface area contributed by atoms with E-state index in [1.54, 1.807) is 24.5 Å². The molecule has 12 rings (SSSR count). The summed E-state index contributed by atoms with van der Waals surface area (Å²) >= 11 is 0. The van der Waals surface area contributed by atoms with Gasteiger partial charge in [0.25, 0.3) is 11.8 Å². The Balaban J connectivity index is 0.679. The summed E-state index contributed by atoms with van der Waals surface area (Å²) in [7, 11) is 1.87.